The highest BCUT2D eigenvalue weighted by atomic mass is 79.9. The van der Waals surface area contributed by atoms with Gasteiger partial charge in [0, 0.05) is 18.7 Å². The van der Waals surface area contributed by atoms with Crippen molar-refractivity contribution in [1.82, 2.24) is 4.90 Å². The lowest BCUT2D eigenvalue weighted by Crippen LogP contribution is -2.48. The van der Waals surface area contributed by atoms with E-state index in [1.165, 1.54) is 10.5 Å². The number of carbonyl (C=O) groups excluding carboxylic acids is 1. The molecule has 28 heavy (non-hydrogen) atoms. The molecule has 0 unspecified atom stereocenters. The zero-order chi connectivity index (χ0) is 20.5. The summed E-state index contributed by atoms with van der Waals surface area (Å²) in [6, 6.07) is 10.5. The van der Waals surface area contributed by atoms with Crippen molar-refractivity contribution in [2.75, 3.05) is 39.3 Å². The minimum absolute atomic E-state index is 0. The Bertz CT molecular complexity index is 474. The molecule has 1 aromatic carbocycles. The second-order valence-corrected chi connectivity index (χ2v) is 7.03. The van der Waals surface area contributed by atoms with E-state index in [0.717, 1.165) is 56.3 Å². The molecule has 0 heterocycles. The van der Waals surface area contributed by atoms with Gasteiger partial charge in [-0.25, -0.2) is 0 Å². The number of aliphatic hydroxyl groups excluding tert-OH is 1. The molecule has 1 aromatic rings. The molecule has 0 saturated carbocycles. The van der Waals surface area contributed by atoms with Crippen molar-refractivity contribution in [2.45, 2.75) is 59.9 Å². The molecule has 0 saturated heterocycles. The lowest BCUT2D eigenvalue weighted by atomic mass is 10.2. The Labute approximate surface area is 182 Å². The highest BCUT2D eigenvalue weighted by Crippen LogP contribution is 2.13. The topological polar surface area (TPSA) is 63.6 Å². The fraction of sp³-hybridized carbons (Fsp3) is 0.682. The molecule has 0 spiro atoms. The van der Waals surface area contributed by atoms with Gasteiger partial charge in [0.25, 0.3) is 0 Å². The van der Waals surface area contributed by atoms with Crippen molar-refractivity contribution in [2.24, 2.45) is 0 Å². The quantitative estimate of drug-likeness (QED) is 0.481. The van der Waals surface area contributed by atoms with Crippen LogP contribution in [-0.2, 0) is 6.54 Å². The molecule has 1 rings (SSSR count). The van der Waals surface area contributed by atoms with Gasteiger partial charge in [-0.05, 0) is 26.7 Å². The third-order valence-corrected chi connectivity index (χ3v) is 5.10. The first-order valence-electron chi connectivity index (χ1n) is 10.4. The second-order valence-electron chi connectivity index (χ2n) is 7.03. The number of likely N-dealkylation sites (N-methyl/N-ethyl adjacent to an activating group) is 1. The molecular weight excluding hydrogens is 420 g/mol. The van der Waals surface area contributed by atoms with E-state index in [1.807, 2.05) is 19.9 Å². The number of aliphatic hydroxyl groups is 1. The Morgan fingerprint density at radius 3 is 1.86 bits per heavy atom. The summed E-state index contributed by atoms with van der Waals surface area (Å²) in [5.41, 5.74) is 1.36. The van der Waals surface area contributed by atoms with Gasteiger partial charge in [-0.1, -0.05) is 57.0 Å². The Kier molecular flexibility index (Phi) is 18.7. The van der Waals surface area contributed by atoms with Crippen LogP contribution in [0.1, 0.15) is 58.9 Å². The second kappa shape index (κ2) is 18.0. The van der Waals surface area contributed by atoms with Gasteiger partial charge < -0.3 is 24.4 Å². The number of hydrogen-bond donors (Lipinski definition) is 1. The maximum Gasteiger partial charge on any atom is 0.136 e. The molecule has 0 aliphatic heterocycles. The summed E-state index contributed by atoms with van der Waals surface area (Å²) in [5.74, 6) is 0. The number of carbonyl (C=O) groups is 1. The van der Waals surface area contributed by atoms with E-state index >= 15 is 0 Å². The first-order chi connectivity index (χ1) is 13.0. The van der Waals surface area contributed by atoms with Crippen LogP contribution in [0.3, 0.4) is 0 Å². The van der Waals surface area contributed by atoms with Crippen molar-refractivity contribution in [1.29, 1.82) is 0 Å². The molecule has 5 nitrogen and oxygen atoms in total. The van der Waals surface area contributed by atoms with E-state index in [4.69, 9.17) is 5.11 Å². The van der Waals surface area contributed by atoms with Crippen LogP contribution in [0.5, 0.6) is 0 Å². The van der Waals surface area contributed by atoms with Crippen LogP contribution in [0.2, 0.25) is 0 Å². The minimum atomic E-state index is -1.03. The van der Waals surface area contributed by atoms with Crippen LogP contribution in [-0.4, -0.2) is 59.9 Å². The van der Waals surface area contributed by atoms with Crippen LogP contribution in [0.4, 0.5) is 4.79 Å². The summed E-state index contributed by atoms with van der Waals surface area (Å²) in [4.78, 5) is 11.9. The van der Waals surface area contributed by atoms with Crippen molar-refractivity contribution in [3.63, 3.8) is 0 Å². The SMILES string of the molecule is Br.CCCCN(CCCC)C(=O)[O-].CC[N+](CC)(CCO)Cc1ccccc1. The average molecular weight is 461 g/mol. The predicted octanol–water partition coefficient (Wildman–Crippen LogP) is 3.85. The lowest BCUT2D eigenvalue weighted by Gasteiger charge is -2.36. The fourth-order valence-electron chi connectivity index (χ4n) is 3.02. The first-order valence-corrected chi connectivity index (χ1v) is 10.4. The summed E-state index contributed by atoms with van der Waals surface area (Å²) < 4.78 is 0.973. The molecular formula is C22H41BrN2O3. The van der Waals surface area contributed by atoms with Crippen molar-refractivity contribution < 1.29 is 19.5 Å². The molecule has 164 valence electrons. The number of benzene rings is 1. The molecule has 1 N–H and O–H groups in total. The smallest absolute Gasteiger partial charge is 0.136 e. The fourth-order valence-corrected chi connectivity index (χ4v) is 3.02. The number of quaternary nitrogens is 1. The zero-order valence-corrected chi connectivity index (χ0v) is 19.9. The number of amides is 1. The third-order valence-electron chi connectivity index (χ3n) is 5.10. The van der Waals surface area contributed by atoms with Gasteiger partial charge in [-0.3, -0.25) is 0 Å². The van der Waals surface area contributed by atoms with E-state index in [1.54, 1.807) is 0 Å². The summed E-state index contributed by atoms with van der Waals surface area (Å²) in [6.45, 7) is 14.0. The Morgan fingerprint density at radius 2 is 1.50 bits per heavy atom. The molecule has 0 aromatic heterocycles. The van der Waals surface area contributed by atoms with Gasteiger partial charge in [0.05, 0.1) is 19.7 Å². The summed E-state index contributed by atoms with van der Waals surface area (Å²) >= 11 is 0. The van der Waals surface area contributed by atoms with Crippen LogP contribution in [0.25, 0.3) is 0 Å². The van der Waals surface area contributed by atoms with Crippen LogP contribution >= 0.6 is 17.0 Å². The molecule has 0 atom stereocenters. The molecule has 0 bridgehead atoms. The monoisotopic (exact) mass is 460 g/mol. The lowest BCUT2D eigenvalue weighted by molar-refractivity contribution is -0.938. The van der Waals surface area contributed by atoms with Crippen LogP contribution in [0.15, 0.2) is 30.3 Å². The van der Waals surface area contributed by atoms with E-state index < -0.39 is 6.09 Å². The minimum Gasteiger partial charge on any atom is -0.530 e. The van der Waals surface area contributed by atoms with Crippen molar-refractivity contribution in [3.05, 3.63) is 35.9 Å². The number of halogens is 1. The van der Waals surface area contributed by atoms with Gasteiger partial charge in [-0.15, -0.1) is 17.0 Å². The standard InChI is InChI=1S/C13H22NO.C9H19NO2.BrH/c1-3-14(4-2,10-11-15)12-13-8-6-5-7-9-13;1-3-5-7-10(9(11)12)8-6-4-2;/h5-9,15H,3-4,10-12H2,1-2H3;3-8H2,1-2H3,(H,11,12);1H/q+1;;/p-1. The zero-order valence-electron chi connectivity index (χ0n) is 18.2. The van der Waals surface area contributed by atoms with Gasteiger partial charge >= 0.3 is 0 Å². The number of unbranched alkanes of at least 4 members (excludes halogenated alkanes) is 2. The van der Waals surface area contributed by atoms with Crippen LogP contribution < -0.4 is 5.11 Å². The average Bonchev–Trinajstić information content (AvgIpc) is 2.68. The highest BCUT2D eigenvalue weighted by Gasteiger charge is 2.22. The van der Waals surface area contributed by atoms with E-state index in [0.29, 0.717) is 13.1 Å². The highest BCUT2D eigenvalue weighted by molar-refractivity contribution is 8.93. The third kappa shape index (κ3) is 12.4. The van der Waals surface area contributed by atoms with E-state index in [-0.39, 0.29) is 23.6 Å². The summed E-state index contributed by atoms with van der Waals surface area (Å²) in [6.07, 6.45) is 2.87. The summed E-state index contributed by atoms with van der Waals surface area (Å²) in [7, 11) is 0. The van der Waals surface area contributed by atoms with Crippen LogP contribution in [0, 0.1) is 0 Å². The summed E-state index contributed by atoms with van der Waals surface area (Å²) in [5, 5.41) is 19.7. The predicted molar refractivity (Wildman–Crippen MR) is 121 cm³/mol. The van der Waals surface area contributed by atoms with Crippen molar-refractivity contribution >= 4 is 23.1 Å². The van der Waals surface area contributed by atoms with Gasteiger partial charge in [-0.2, -0.15) is 0 Å². The largest absolute Gasteiger partial charge is 0.530 e. The Balaban J connectivity index is 0. The Hall–Kier alpha value is -1.11. The molecule has 0 aliphatic carbocycles. The molecule has 0 aliphatic rings. The van der Waals surface area contributed by atoms with Crippen molar-refractivity contribution in [3.8, 4) is 0 Å². The molecule has 0 fully saturated rings. The molecule has 0 radical (unpaired) electrons. The number of hydrogen-bond acceptors (Lipinski definition) is 3. The van der Waals surface area contributed by atoms with E-state index in [2.05, 4.69) is 38.1 Å². The number of nitrogens with zero attached hydrogens (tertiary/aromatic N) is 2. The number of carboxylic acid groups (broad SMARTS) is 1. The molecule has 1 amide bonds. The normalized spacial score (nSPS) is 10.5. The Morgan fingerprint density at radius 1 is 1.00 bits per heavy atom. The van der Waals surface area contributed by atoms with Gasteiger partial charge in [0.2, 0.25) is 0 Å². The molecule has 6 heteroatoms. The van der Waals surface area contributed by atoms with E-state index in [9.17, 15) is 9.90 Å². The maximum atomic E-state index is 10.5. The maximum absolute atomic E-state index is 10.5. The van der Waals surface area contributed by atoms with Gasteiger partial charge in [0.1, 0.15) is 19.2 Å². The van der Waals surface area contributed by atoms with Gasteiger partial charge in [0.15, 0.2) is 0 Å². The number of rotatable bonds is 12. The first kappa shape index (κ1) is 29.1.